The van der Waals surface area contributed by atoms with E-state index >= 15 is 0 Å². The molecule has 0 aromatic heterocycles. The standard InChI is InChI=1S/C15H17BrF3N5O/c16-10-8-9(4-5-11(10)25-15(17,18)19)24-13(21)22-12(20)23-14(24)6-2-1-3-7-14/h4-5,8H,1-3,6-7H2,(H4,20,21,22,23). The van der Waals surface area contributed by atoms with Crippen LogP contribution < -0.4 is 21.1 Å². The van der Waals surface area contributed by atoms with E-state index < -0.39 is 12.0 Å². The number of alkyl halides is 3. The summed E-state index contributed by atoms with van der Waals surface area (Å²) in [4.78, 5) is 10.3. The first-order valence-electron chi connectivity index (χ1n) is 7.75. The van der Waals surface area contributed by atoms with E-state index in [2.05, 4.69) is 30.7 Å². The number of nitrogens with two attached hydrogens (primary N) is 2. The Labute approximate surface area is 150 Å². The molecule has 1 aromatic carbocycles. The normalized spacial score (nSPS) is 20.2. The Bertz CT molecular complexity index is 728. The van der Waals surface area contributed by atoms with Crippen LogP contribution in [0.1, 0.15) is 32.1 Å². The molecule has 6 nitrogen and oxygen atoms in total. The van der Waals surface area contributed by atoms with Crippen LogP contribution in [0.25, 0.3) is 0 Å². The Morgan fingerprint density at radius 2 is 1.84 bits per heavy atom. The zero-order valence-corrected chi connectivity index (χ0v) is 14.8. The topological polar surface area (TPSA) is 89.2 Å². The third-order valence-corrected chi connectivity index (χ3v) is 4.87. The van der Waals surface area contributed by atoms with E-state index in [4.69, 9.17) is 11.5 Å². The largest absolute Gasteiger partial charge is 0.573 e. The lowest BCUT2D eigenvalue weighted by molar-refractivity contribution is -0.274. The molecule has 0 saturated heterocycles. The first-order valence-corrected chi connectivity index (χ1v) is 8.54. The first-order chi connectivity index (χ1) is 11.7. The zero-order valence-electron chi connectivity index (χ0n) is 13.2. The molecule has 0 amide bonds. The van der Waals surface area contributed by atoms with Crippen LogP contribution in [-0.4, -0.2) is 23.9 Å². The van der Waals surface area contributed by atoms with Crippen molar-refractivity contribution in [2.24, 2.45) is 21.5 Å². The second kappa shape index (κ2) is 6.40. The molecule has 2 aliphatic rings. The third-order valence-electron chi connectivity index (χ3n) is 4.25. The van der Waals surface area contributed by atoms with Gasteiger partial charge in [0.2, 0.25) is 11.9 Å². The highest BCUT2D eigenvalue weighted by Crippen LogP contribution is 2.41. The number of nitrogens with zero attached hydrogens (tertiary/aromatic N) is 3. The van der Waals surface area contributed by atoms with Gasteiger partial charge in [-0.1, -0.05) is 6.42 Å². The minimum Gasteiger partial charge on any atom is -0.405 e. The number of guanidine groups is 2. The zero-order chi connectivity index (χ0) is 18.2. The maximum Gasteiger partial charge on any atom is 0.573 e. The molecule has 1 aliphatic carbocycles. The summed E-state index contributed by atoms with van der Waals surface area (Å²) in [6.07, 6.45) is -0.290. The summed E-state index contributed by atoms with van der Waals surface area (Å²) in [7, 11) is 0. The summed E-state index contributed by atoms with van der Waals surface area (Å²) >= 11 is 3.12. The number of aliphatic imine (C=N–C) groups is 2. The van der Waals surface area contributed by atoms with Crippen molar-refractivity contribution in [3.8, 4) is 5.75 Å². The minimum absolute atomic E-state index is 0.117. The molecule has 1 heterocycles. The average molecular weight is 420 g/mol. The molecule has 1 spiro atoms. The SMILES string of the molecule is NC1=NC2(CCCCC2)N(c2ccc(OC(F)(F)F)c(Br)c2)C(N)=N1. The van der Waals surface area contributed by atoms with Crippen molar-refractivity contribution in [3.63, 3.8) is 0 Å². The molecule has 136 valence electrons. The predicted octanol–water partition coefficient (Wildman–Crippen LogP) is 3.46. The van der Waals surface area contributed by atoms with Gasteiger partial charge in [-0.2, -0.15) is 4.99 Å². The lowest BCUT2D eigenvalue weighted by Gasteiger charge is -2.45. The van der Waals surface area contributed by atoms with Gasteiger partial charge in [-0.05, 0) is 59.8 Å². The van der Waals surface area contributed by atoms with Crippen LogP contribution in [0.5, 0.6) is 5.75 Å². The maximum atomic E-state index is 12.4. The smallest absolute Gasteiger partial charge is 0.405 e. The van der Waals surface area contributed by atoms with Gasteiger partial charge in [-0.15, -0.1) is 13.2 Å². The molecule has 3 rings (SSSR count). The van der Waals surface area contributed by atoms with E-state index in [9.17, 15) is 13.2 Å². The van der Waals surface area contributed by atoms with Crippen molar-refractivity contribution in [3.05, 3.63) is 22.7 Å². The van der Waals surface area contributed by atoms with Gasteiger partial charge in [-0.3, -0.25) is 4.90 Å². The van der Waals surface area contributed by atoms with Crippen LogP contribution in [0.4, 0.5) is 18.9 Å². The molecule has 4 N–H and O–H groups in total. The fraction of sp³-hybridized carbons (Fsp3) is 0.467. The molecule has 0 atom stereocenters. The van der Waals surface area contributed by atoms with Gasteiger partial charge in [-0.25, -0.2) is 4.99 Å². The van der Waals surface area contributed by atoms with Gasteiger partial charge < -0.3 is 16.2 Å². The Morgan fingerprint density at radius 1 is 1.16 bits per heavy atom. The molecule has 0 bridgehead atoms. The van der Waals surface area contributed by atoms with E-state index in [0.29, 0.717) is 5.69 Å². The summed E-state index contributed by atoms with van der Waals surface area (Å²) in [5, 5.41) is 0. The molecule has 1 aromatic rings. The summed E-state index contributed by atoms with van der Waals surface area (Å²) < 4.78 is 41.5. The fourth-order valence-corrected chi connectivity index (χ4v) is 3.78. The van der Waals surface area contributed by atoms with Crippen molar-refractivity contribution in [2.45, 2.75) is 44.1 Å². The average Bonchev–Trinajstić information content (AvgIpc) is 2.48. The number of hydrogen-bond donors (Lipinski definition) is 2. The highest BCUT2D eigenvalue weighted by Gasteiger charge is 2.42. The Balaban J connectivity index is 1.98. The van der Waals surface area contributed by atoms with Gasteiger partial charge >= 0.3 is 6.36 Å². The number of ether oxygens (including phenoxy) is 1. The second-order valence-corrected chi connectivity index (χ2v) is 6.84. The second-order valence-electron chi connectivity index (χ2n) is 5.98. The quantitative estimate of drug-likeness (QED) is 0.767. The third kappa shape index (κ3) is 3.68. The fourth-order valence-electron chi connectivity index (χ4n) is 3.33. The van der Waals surface area contributed by atoms with E-state index in [1.54, 1.807) is 4.90 Å². The van der Waals surface area contributed by atoms with Crippen LogP contribution in [-0.2, 0) is 0 Å². The van der Waals surface area contributed by atoms with Crippen LogP contribution in [0.2, 0.25) is 0 Å². The molecule has 25 heavy (non-hydrogen) atoms. The van der Waals surface area contributed by atoms with Crippen LogP contribution >= 0.6 is 15.9 Å². The molecular weight excluding hydrogens is 403 g/mol. The van der Waals surface area contributed by atoms with Crippen molar-refractivity contribution in [1.29, 1.82) is 0 Å². The molecule has 10 heteroatoms. The van der Waals surface area contributed by atoms with E-state index in [1.807, 2.05) is 0 Å². The van der Waals surface area contributed by atoms with E-state index in [-0.39, 0.29) is 22.1 Å². The lowest BCUT2D eigenvalue weighted by atomic mass is 9.87. The van der Waals surface area contributed by atoms with Crippen LogP contribution in [0.15, 0.2) is 32.7 Å². The monoisotopic (exact) mass is 419 g/mol. The Kier molecular flexibility index (Phi) is 4.56. The molecule has 0 radical (unpaired) electrons. The van der Waals surface area contributed by atoms with Gasteiger partial charge in [0.05, 0.1) is 4.47 Å². The number of anilines is 1. The van der Waals surface area contributed by atoms with Gasteiger partial charge in [0, 0.05) is 5.69 Å². The van der Waals surface area contributed by atoms with E-state index in [1.165, 1.54) is 18.2 Å². The number of halogens is 4. The summed E-state index contributed by atoms with van der Waals surface area (Å²) in [5.74, 6) is -0.0398. The number of benzene rings is 1. The molecule has 0 unspecified atom stereocenters. The Hall–Kier alpha value is -1.97. The molecule has 1 saturated carbocycles. The van der Waals surface area contributed by atoms with Gasteiger partial charge in [0.1, 0.15) is 11.4 Å². The molecular formula is C15H17BrF3N5O. The van der Waals surface area contributed by atoms with Crippen molar-refractivity contribution in [2.75, 3.05) is 4.90 Å². The summed E-state index contributed by atoms with van der Waals surface area (Å²) in [6, 6.07) is 4.25. The lowest BCUT2D eigenvalue weighted by Crippen LogP contribution is -2.58. The van der Waals surface area contributed by atoms with Gasteiger partial charge in [0.15, 0.2) is 0 Å². The summed E-state index contributed by atoms with van der Waals surface area (Å²) in [6.45, 7) is 0. The minimum atomic E-state index is -4.76. The highest BCUT2D eigenvalue weighted by atomic mass is 79.9. The van der Waals surface area contributed by atoms with Crippen molar-refractivity contribution < 1.29 is 17.9 Å². The van der Waals surface area contributed by atoms with Crippen LogP contribution in [0, 0.1) is 0 Å². The van der Waals surface area contributed by atoms with Gasteiger partial charge in [0.25, 0.3) is 0 Å². The highest BCUT2D eigenvalue weighted by molar-refractivity contribution is 9.10. The van der Waals surface area contributed by atoms with Crippen molar-refractivity contribution >= 4 is 33.5 Å². The number of hydrogen-bond acceptors (Lipinski definition) is 6. The Morgan fingerprint density at radius 3 is 2.44 bits per heavy atom. The van der Waals surface area contributed by atoms with Crippen LogP contribution in [0.3, 0.4) is 0 Å². The van der Waals surface area contributed by atoms with E-state index in [0.717, 1.165) is 32.1 Å². The molecule has 1 fully saturated rings. The number of rotatable bonds is 2. The maximum absolute atomic E-state index is 12.4. The van der Waals surface area contributed by atoms with Crippen molar-refractivity contribution in [1.82, 2.24) is 0 Å². The molecule has 1 aliphatic heterocycles. The summed E-state index contributed by atoms with van der Waals surface area (Å²) in [5.41, 5.74) is 11.8. The first kappa shape index (κ1) is 17.8. The predicted molar refractivity (Wildman–Crippen MR) is 92.4 cm³/mol.